The molecule has 0 spiro atoms. The summed E-state index contributed by atoms with van der Waals surface area (Å²) in [4.78, 5) is 25.4. The van der Waals surface area contributed by atoms with Crippen molar-refractivity contribution < 1.29 is 4.79 Å². The van der Waals surface area contributed by atoms with Crippen LogP contribution in [0.5, 0.6) is 0 Å². The van der Waals surface area contributed by atoms with E-state index in [0.29, 0.717) is 5.56 Å². The molecule has 2 aliphatic rings. The molecule has 0 unspecified atom stereocenters. The van der Waals surface area contributed by atoms with Crippen LogP contribution in [0.15, 0.2) is 40.7 Å². The van der Waals surface area contributed by atoms with E-state index in [0.717, 1.165) is 55.1 Å². The van der Waals surface area contributed by atoms with Crippen molar-refractivity contribution in [2.24, 2.45) is 16.6 Å². The average Bonchev–Trinajstić information content (AvgIpc) is 3.30. The van der Waals surface area contributed by atoms with Crippen LogP contribution in [0.3, 0.4) is 0 Å². The Balaban J connectivity index is 1.62. The molecule has 0 bridgehead atoms. The highest BCUT2D eigenvalue weighted by Gasteiger charge is 2.47. The molecule has 2 N–H and O–H groups in total. The van der Waals surface area contributed by atoms with E-state index in [1.165, 1.54) is 4.90 Å². The Labute approximate surface area is 193 Å². The summed E-state index contributed by atoms with van der Waals surface area (Å²) in [6.45, 7) is 7.04. The number of thiophene rings is 1. The molecule has 8 heteroatoms. The van der Waals surface area contributed by atoms with Crippen molar-refractivity contribution in [3.05, 3.63) is 46.2 Å². The van der Waals surface area contributed by atoms with Crippen LogP contribution in [0.25, 0.3) is 11.1 Å². The van der Waals surface area contributed by atoms with Crippen molar-refractivity contribution in [1.29, 1.82) is 5.26 Å². The van der Waals surface area contributed by atoms with E-state index in [1.807, 2.05) is 25.1 Å². The van der Waals surface area contributed by atoms with Crippen molar-refractivity contribution in [3.8, 4) is 17.2 Å². The number of aliphatic imine (C=N–C) groups is 1. The van der Waals surface area contributed by atoms with E-state index in [1.54, 1.807) is 24.5 Å². The average molecular weight is 451 g/mol. The fourth-order valence-electron chi connectivity index (χ4n) is 4.51. The van der Waals surface area contributed by atoms with Gasteiger partial charge in [-0.3, -0.25) is 9.69 Å². The van der Waals surface area contributed by atoms with Crippen molar-refractivity contribution in [3.63, 3.8) is 0 Å². The van der Waals surface area contributed by atoms with E-state index in [-0.39, 0.29) is 17.8 Å². The standard InChI is InChI=1S/C24H30N6OS/c1-24(21-14-19(16-32-21)18-6-4-5-17(13-18)15-25)20(22(31)29(3)23(26)27-24)7-8-30-11-9-28(2)10-12-30/h4-6,13-14,16,20H,7-12H2,1-3H3,(H2,26,27)/t20-,24-/m0/s1. The van der Waals surface area contributed by atoms with Gasteiger partial charge >= 0.3 is 0 Å². The number of benzene rings is 1. The molecule has 1 fully saturated rings. The van der Waals surface area contributed by atoms with Gasteiger partial charge in [0, 0.05) is 38.1 Å². The van der Waals surface area contributed by atoms with E-state index >= 15 is 0 Å². The molecular weight excluding hydrogens is 420 g/mol. The number of piperazine rings is 1. The number of likely N-dealkylation sites (N-methyl/N-ethyl adjacent to an activating group) is 1. The van der Waals surface area contributed by atoms with Crippen LogP contribution in [0.2, 0.25) is 0 Å². The van der Waals surface area contributed by atoms with Gasteiger partial charge in [-0.25, -0.2) is 4.99 Å². The second-order valence-corrected chi connectivity index (χ2v) is 9.80. The maximum atomic E-state index is 13.3. The third-order valence-corrected chi connectivity index (χ3v) is 7.91. The van der Waals surface area contributed by atoms with Crippen LogP contribution in [-0.2, 0) is 10.3 Å². The summed E-state index contributed by atoms with van der Waals surface area (Å²) in [5.74, 6) is 0.00160. The molecule has 7 nitrogen and oxygen atoms in total. The Morgan fingerprint density at radius 1 is 1.22 bits per heavy atom. The number of guanidine groups is 1. The van der Waals surface area contributed by atoms with Crippen LogP contribution < -0.4 is 5.73 Å². The lowest BCUT2D eigenvalue weighted by Gasteiger charge is -2.41. The number of carbonyl (C=O) groups is 1. The topological polar surface area (TPSA) is 89.0 Å². The van der Waals surface area contributed by atoms with Gasteiger partial charge in [-0.15, -0.1) is 11.3 Å². The summed E-state index contributed by atoms with van der Waals surface area (Å²) >= 11 is 1.60. The molecule has 1 amide bonds. The number of hydrogen-bond donors (Lipinski definition) is 1. The van der Waals surface area contributed by atoms with Crippen LogP contribution in [0.1, 0.15) is 23.8 Å². The zero-order chi connectivity index (χ0) is 22.9. The van der Waals surface area contributed by atoms with Gasteiger partial charge in [-0.2, -0.15) is 5.26 Å². The van der Waals surface area contributed by atoms with E-state index in [2.05, 4.69) is 34.4 Å². The first-order chi connectivity index (χ1) is 15.3. The quantitative estimate of drug-likeness (QED) is 0.756. The smallest absolute Gasteiger partial charge is 0.235 e. The van der Waals surface area contributed by atoms with Gasteiger partial charge in [0.2, 0.25) is 5.91 Å². The zero-order valence-corrected chi connectivity index (χ0v) is 19.7. The number of nitrogens with zero attached hydrogens (tertiary/aromatic N) is 5. The number of nitriles is 1. The SMILES string of the molecule is CN1CCN(CC[C@H]2C(=O)N(C)C(N)=N[C@]2(C)c2cc(-c3cccc(C#N)c3)cs2)CC1. The highest BCUT2D eigenvalue weighted by molar-refractivity contribution is 7.10. The van der Waals surface area contributed by atoms with Crippen LogP contribution >= 0.6 is 11.3 Å². The van der Waals surface area contributed by atoms with Crippen molar-refractivity contribution >= 4 is 23.2 Å². The summed E-state index contributed by atoms with van der Waals surface area (Å²) in [6, 6.07) is 11.9. The van der Waals surface area contributed by atoms with Gasteiger partial charge in [0.25, 0.3) is 0 Å². The van der Waals surface area contributed by atoms with E-state index < -0.39 is 5.54 Å². The van der Waals surface area contributed by atoms with Crippen LogP contribution in [-0.4, -0.2) is 73.4 Å². The minimum absolute atomic E-state index is 0.0237. The third kappa shape index (κ3) is 4.29. The largest absolute Gasteiger partial charge is 0.369 e. The van der Waals surface area contributed by atoms with Crippen LogP contribution in [0, 0.1) is 17.2 Å². The maximum absolute atomic E-state index is 13.3. The van der Waals surface area contributed by atoms with Gasteiger partial charge in [0.05, 0.1) is 17.6 Å². The predicted molar refractivity (Wildman–Crippen MR) is 128 cm³/mol. The Kier molecular flexibility index (Phi) is 6.33. The second-order valence-electron chi connectivity index (χ2n) is 8.89. The predicted octanol–water partition coefficient (Wildman–Crippen LogP) is 2.54. The Morgan fingerprint density at radius 3 is 2.69 bits per heavy atom. The van der Waals surface area contributed by atoms with Crippen LogP contribution in [0.4, 0.5) is 0 Å². The fourth-order valence-corrected chi connectivity index (χ4v) is 5.59. The Morgan fingerprint density at radius 2 is 1.97 bits per heavy atom. The Bertz CT molecular complexity index is 1060. The first kappa shape index (κ1) is 22.5. The first-order valence-electron chi connectivity index (χ1n) is 10.9. The lowest BCUT2D eigenvalue weighted by atomic mass is 9.79. The molecule has 168 valence electrons. The summed E-state index contributed by atoms with van der Waals surface area (Å²) in [7, 11) is 3.85. The summed E-state index contributed by atoms with van der Waals surface area (Å²) in [5.41, 5.74) is 8.09. The second kappa shape index (κ2) is 9.02. The lowest BCUT2D eigenvalue weighted by molar-refractivity contribution is -0.134. The zero-order valence-electron chi connectivity index (χ0n) is 18.9. The minimum atomic E-state index is -0.712. The summed E-state index contributed by atoms with van der Waals surface area (Å²) in [6.07, 6.45) is 0.733. The fraction of sp³-hybridized carbons (Fsp3) is 0.458. The molecule has 0 aliphatic carbocycles. The van der Waals surface area contributed by atoms with Gasteiger partial charge in [-0.1, -0.05) is 12.1 Å². The van der Waals surface area contributed by atoms with Gasteiger partial charge in [0.1, 0.15) is 5.54 Å². The molecule has 1 saturated heterocycles. The molecule has 2 aromatic rings. The molecule has 2 aliphatic heterocycles. The summed E-state index contributed by atoms with van der Waals surface area (Å²) < 4.78 is 0. The van der Waals surface area contributed by atoms with E-state index in [4.69, 9.17) is 10.7 Å². The van der Waals surface area contributed by atoms with Crippen molar-refractivity contribution in [2.45, 2.75) is 18.9 Å². The number of amides is 1. The molecule has 32 heavy (non-hydrogen) atoms. The van der Waals surface area contributed by atoms with Gasteiger partial charge < -0.3 is 15.5 Å². The molecule has 4 rings (SSSR count). The number of nitrogens with two attached hydrogens (primary N) is 1. The molecule has 1 aromatic heterocycles. The monoisotopic (exact) mass is 450 g/mol. The third-order valence-electron chi connectivity index (χ3n) is 6.75. The molecular formula is C24H30N6OS. The molecule has 1 aromatic carbocycles. The van der Waals surface area contributed by atoms with Crippen molar-refractivity contribution in [2.75, 3.05) is 46.8 Å². The first-order valence-corrected chi connectivity index (χ1v) is 11.8. The summed E-state index contributed by atoms with van der Waals surface area (Å²) in [5, 5.41) is 11.3. The van der Waals surface area contributed by atoms with E-state index in [9.17, 15) is 10.1 Å². The van der Waals surface area contributed by atoms with Gasteiger partial charge in [0.15, 0.2) is 5.96 Å². The molecule has 2 atom stereocenters. The number of hydrogen-bond acceptors (Lipinski definition) is 7. The highest BCUT2D eigenvalue weighted by atomic mass is 32.1. The number of carbonyl (C=O) groups excluding carboxylic acids is 1. The normalized spacial score (nSPS) is 24.9. The van der Waals surface area contributed by atoms with Crippen molar-refractivity contribution in [1.82, 2.24) is 14.7 Å². The maximum Gasteiger partial charge on any atom is 0.235 e. The lowest BCUT2D eigenvalue weighted by Crippen LogP contribution is -2.54. The highest BCUT2D eigenvalue weighted by Crippen LogP contribution is 2.43. The Hall–Kier alpha value is -2.73. The molecule has 0 radical (unpaired) electrons. The molecule has 0 saturated carbocycles. The number of rotatable bonds is 5. The molecule has 3 heterocycles. The minimum Gasteiger partial charge on any atom is -0.369 e. The van der Waals surface area contributed by atoms with Gasteiger partial charge in [-0.05, 0) is 61.6 Å².